The van der Waals surface area contributed by atoms with Crippen molar-refractivity contribution in [1.82, 2.24) is 4.90 Å². The first-order valence-corrected chi connectivity index (χ1v) is 7.37. The summed E-state index contributed by atoms with van der Waals surface area (Å²) in [4.78, 5) is 5.72. The van der Waals surface area contributed by atoms with Crippen LogP contribution in [0, 0.1) is 11.8 Å². The van der Waals surface area contributed by atoms with E-state index >= 15 is 0 Å². The van der Waals surface area contributed by atoms with Crippen molar-refractivity contribution < 1.29 is 4.79 Å². The number of nitrogens with zero attached hydrogens (tertiary/aromatic N) is 3. The van der Waals surface area contributed by atoms with Crippen LogP contribution in [0.15, 0.2) is 23.9 Å². The highest BCUT2D eigenvalue weighted by atomic mass is 15.1. The minimum absolute atomic E-state index is 0.724. The van der Waals surface area contributed by atoms with E-state index in [2.05, 4.69) is 49.5 Å². The van der Waals surface area contributed by atoms with Crippen molar-refractivity contribution >= 4 is 5.71 Å². The Morgan fingerprint density at radius 2 is 1.68 bits per heavy atom. The molecule has 3 nitrogen and oxygen atoms in total. The van der Waals surface area contributed by atoms with Crippen molar-refractivity contribution in [2.24, 2.45) is 11.8 Å². The molecule has 0 aromatic carbocycles. The van der Waals surface area contributed by atoms with Crippen LogP contribution in [0.5, 0.6) is 0 Å². The van der Waals surface area contributed by atoms with E-state index in [0.717, 1.165) is 37.1 Å². The first-order valence-electron chi connectivity index (χ1n) is 7.37. The van der Waals surface area contributed by atoms with Crippen molar-refractivity contribution in [2.45, 2.75) is 47.0 Å². The van der Waals surface area contributed by atoms with E-state index in [1.165, 1.54) is 18.5 Å². The molecule has 1 rings (SSSR count). The Hall–Kier alpha value is -1.34. The molecular formula is C16H27N3. The van der Waals surface area contributed by atoms with E-state index in [1.54, 1.807) is 0 Å². The van der Waals surface area contributed by atoms with Gasteiger partial charge >= 0.3 is 0 Å². The summed E-state index contributed by atoms with van der Waals surface area (Å²) in [7, 11) is 0. The molecule has 0 heterocycles. The molecule has 0 spiro atoms. The molecule has 0 atom stereocenters. The first-order chi connectivity index (χ1) is 9.02. The molecule has 0 bridgehead atoms. The minimum atomic E-state index is 0.724. The van der Waals surface area contributed by atoms with Crippen LogP contribution in [0.1, 0.15) is 47.0 Å². The van der Waals surface area contributed by atoms with E-state index < -0.39 is 0 Å². The van der Waals surface area contributed by atoms with E-state index in [4.69, 9.17) is 5.53 Å². The Kier molecular flexibility index (Phi) is 6.58. The van der Waals surface area contributed by atoms with Gasteiger partial charge in [0.05, 0.1) is 6.42 Å². The summed E-state index contributed by atoms with van der Waals surface area (Å²) in [5.41, 5.74) is 10.8. The maximum Gasteiger partial charge on any atom is 0.295 e. The molecular weight excluding hydrogens is 234 g/mol. The summed E-state index contributed by atoms with van der Waals surface area (Å²) in [6.45, 7) is 11.3. The predicted molar refractivity (Wildman–Crippen MR) is 80.9 cm³/mol. The molecule has 3 heteroatoms. The highest BCUT2D eigenvalue weighted by Crippen LogP contribution is 2.16. The van der Waals surface area contributed by atoms with Crippen LogP contribution in [0.3, 0.4) is 0 Å². The Labute approximate surface area is 117 Å². The van der Waals surface area contributed by atoms with Gasteiger partial charge < -0.3 is 10.4 Å². The summed E-state index contributed by atoms with van der Waals surface area (Å²) in [5.74, 6) is 1.45. The quantitative estimate of drug-likeness (QED) is 0.506. The van der Waals surface area contributed by atoms with E-state index in [1.807, 2.05) is 6.08 Å². The van der Waals surface area contributed by atoms with Crippen LogP contribution in [0.2, 0.25) is 0 Å². The van der Waals surface area contributed by atoms with Gasteiger partial charge in [0.1, 0.15) is 0 Å². The predicted octanol–water partition coefficient (Wildman–Crippen LogP) is 3.90. The molecule has 0 aliphatic heterocycles. The summed E-state index contributed by atoms with van der Waals surface area (Å²) in [6, 6.07) is 0. The normalized spacial score (nSPS) is 14.8. The van der Waals surface area contributed by atoms with Gasteiger partial charge in [0.2, 0.25) is 0 Å². The molecule has 19 heavy (non-hydrogen) atoms. The van der Waals surface area contributed by atoms with Crippen molar-refractivity contribution in [3.05, 3.63) is 29.5 Å². The van der Waals surface area contributed by atoms with Gasteiger partial charge in [-0.2, -0.15) is 4.79 Å². The molecule has 0 radical (unpaired) electrons. The van der Waals surface area contributed by atoms with Crippen molar-refractivity contribution in [3.63, 3.8) is 0 Å². The lowest BCUT2D eigenvalue weighted by Gasteiger charge is -2.28. The topological polar surface area (TPSA) is 39.6 Å². The van der Waals surface area contributed by atoms with Crippen LogP contribution in [0.4, 0.5) is 0 Å². The molecule has 1 aliphatic carbocycles. The molecule has 0 unspecified atom stereocenters. The van der Waals surface area contributed by atoms with Crippen LogP contribution >= 0.6 is 0 Å². The molecule has 0 aromatic heterocycles. The van der Waals surface area contributed by atoms with Gasteiger partial charge in [-0.25, -0.2) is 0 Å². The zero-order valence-electron chi connectivity index (χ0n) is 12.8. The van der Waals surface area contributed by atoms with E-state index in [-0.39, 0.29) is 0 Å². The lowest BCUT2D eigenvalue weighted by Crippen LogP contribution is -2.27. The lowest BCUT2D eigenvalue weighted by atomic mass is 10.1. The zero-order chi connectivity index (χ0) is 14.3. The third-order valence-electron chi connectivity index (χ3n) is 3.41. The molecule has 1 aliphatic rings. The fourth-order valence-electron chi connectivity index (χ4n) is 2.03. The van der Waals surface area contributed by atoms with Gasteiger partial charge in [0.25, 0.3) is 5.71 Å². The summed E-state index contributed by atoms with van der Waals surface area (Å²) >= 11 is 0. The monoisotopic (exact) mass is 261 g/mol. The van der Waals surface area contributed by atoms with Gasteiger partial charge in [0, 0.05) is 24.9 Å². The van der Waals surface area contributed by atoms with E-state index in [9.17, 15) is 0 Å². The average Bonchev–Trinajstić information content (AvgIpc) is 2.38. The lowest BCUT2D eigenvalue weighted by molar-refractivity contribution is -0.00547. The van der Waals surface area contributed by atoms with E-state index in [0.29, 0.717) is 0 Å². The SMILES string of the molecule is CC(C)CCN(CCC(C)C)C1=CCC(=[N+]=[N-])C=C1. The fraction of sp³-hybridized carbons (Fsp3) is 0.688. The number of hydrogen-bond donors (Lipinski definition) is 0. The Morgan fingerprint density at radius 3 is 2.05 bits per heavy atom. The highest BCUT2D eigenvalue weighted by molar-refractivity contribution is 5.92. The van der Waals surface area contributed by atoms with Gasteiger partial charge in [0.15, 0.2) is 0 Å². The van der Waals surface area contributed by atoms with Crippen LogP contribution in [0.25, 0.3) is 5.53 Å². The third kappa shape index (κ3) is 5.89. The van der Waals surface area contributed by atoms with Crippen LogP contribution in [-0.2, 0) is 0 Å². The Morgan fingerprint density at radius 1 is 1.11 bits per heavy atom. The number of hydrogen-bond acceptors (Lipinski definition) is 1. The molecule has 0 amide bonds. The van der Waals surface area contributed by atoms with Crippen molar-refractivity contribution in [3.8, 4) is 0 Å². The zero-order valence-corrected chi connectivity index (χ0v) is 12.8. The molecule has 0 aromatic rings. The second kappa shape index (κ2) is 7.96. The summed E-state index contributed by atoms with van der Waals surface area (Å²) in [5, 5.41) is 0. The molecule has 106 valence electrons. The van der Waals surface area contributed by atoms with Crippen molar-refractivity contribution in [2.75, 3.05) is 13.1 Å². The second-order valence-corrected chi connectivity index (χ2v) is 6.11. The smallest absolute Gasteiger partial charge is 0.295 e. The van der Waals surface area contributed by atoms with Crippen LogP contribution < -0.4 is 0 Å². The maximum atomic E-state index is 8.76. The molecule has 0 saturated carbocycles. The minimum Gasteiger partial charge on any atom is -0.372 e. The van der Waals surface area contributed by atoms with Crippen LogP contribution in [-0.4, -0.2) is 28.5 Å². The third-order valence-corrected chi connectivity index (χ3v) is 3.41. The molecule has 0 saturated heterocycles. The van der Waals surface area contributed by atoms with Gasteiger partial charge in [-0.15, -0.1) is 0 Å². The van der Waals surface area contributed by atoms with Gasteiger partial charge in [-0.05, 0) is 36.8 Å². The molecule has 0 fully saturated rings. The van der Waals surface area contributed by atoms with Gasteiger partial charge in [-0.3, -0.25) is 0 Å². The van der Waals surface area contributed by atoms with Crippen molar-refractivity contribution in [1.29, 1.82) is 0 Å². The van der Waals surface area contributed by atoms with Gasteiger partial charge in [-0.1, -0.05) is 27.7 Å². The standard InChI is InChI=1S/C16H27N3/c1-13(2)9-11-19(12-10-14(3)4)16-7-5-15(18-17)6-8-16/h5,7-8,13-14H,6,9-12H2,1-4H3. The Balaban J connectivity index is 2.65. The Bertz CT molecular complexity index is 373. The maximum absolute atomic E-state index is 8.76. The molecule has 0 N–H and O–H groups in total. The fourth-order valence-corrected chi connectivity index (χ4v) is 2.03. The largest absolute Gasteiger partial charge is 0.372 e. The highest BCUT2D eigenvalue weighted by Gasteiger charge is 2.14. The number of rotatable bonds is 7. The first kappa shape index (κ1) is 15.7. The summed E-state index contributed by atoms with van der Waals surface area (Å²) < 4.78 is 0. The summed E-state index contributed by atoms with van der Waals surface area (Å²) in [6.07, 6.45) is 9.29. The number of allylic oxidation sites excluding steroid dienone is 3. The average molecular weight is 261 g/mol. The second-order valence-electron chi connectivity index (χ2n) is 6.11.